The normalized spacial score (nSPS) is 18.7. The van der Waals surface area contributed by atoms with Crippen LogP contribution in [-0.4, -0.2) is 17.3 Å². The summed E-state index contributed by atoms with van der Waals surface area (Å²) in [7, 11) is 0. The van der Waals surface area contributed by atoms with Gasteiger partial charge in [0.2, 0.25) is 0 Å². The van der Waals surface area contributed by atoms with Crippen molar-refractivity contribution in [2.75, 3.05) is 5.32 Å². The van der Waals surface area contributed by atoms with Crippen molar-refractivity contribution in [3.8, 4) is 0 Å². The quantitative estimate of drug-likeness (QED) is 0.685. The number of rotatable bonds is 4. The lowest BCUT2D eigenvalue weighted by molar-refractivity contribution is -0.143. The van der Waals surface area contributed by atoms with Crippen LogP contribution in [0.25, 0.3) is 0 Å². The summed E-state index contributed by atoms with van der Waals surface area (Å²) in [4.78, 5) is 36.2. The van der Waals surface area contributed by atoms with Gasteiger partial charge in [0.1, 0.15) is 5.92 Å². The number of aryl methyl sites for hydroxylation is 1. The van der Waals surface area contributed by atoms with Crippen molar-refractivity contribution in [2.45, 2.75) is 33.6 Å². The summed E-state index contributed by atoms with van der Waals surface area (Å²) in [6.45, 7) is 5.70. The van der Waals surface area contributed by atoms with Gasteiger partial charge in [-0.25, -0.2) is 0 Å². The summed E-state index contributed by atoms with van der Waals surface area (Å²) in [5.74, 6) is -2.10. The molecule has 1 fully saturated rings. The van der Waals surface area contributed by atoms with E-state index >= 15 is 0 Å². The lowest BCUT2D eigenvalue weighted by atomic mass is 9.70. The van der Waals surface area contributed by atoms with Crippen molar-refractivity contribution in [3.63, 3.8) is 0 Å². The van der Waals surface area contributed by atoms with Crippen molar-refractivity contribution in [1.82, 2.24) is 0 Å². The number of para-hydroxylation sites is 1. The first-order valence-corrected chi connectivity index (χ1v) is 7.38. The summed E-state index contributed by atoms with van der Waals surface area (Å²) < 4.78 is 0. The predicted octanol–water partition coefficient (Wildman–Crippen LogP) is 3.06. The third kappa shape index (κ3) is 3.70. The van der Waals surface area contributed by atoms with Crippen LogP contribution in [0.15, 0.2) is 36.5 Å². The molecule has 4 nitrogen and oxygen atoms in total. The van der Waals surface area contributed by atoms with Crippen LogP contribution in [0.4, 0.5) is 5.69 Å². The zero-order chi connectivity index (χ0) is 16.3. The maximum absolute atomic E-state index is 12.1. The Morgan fingerprint density at radius 2 is 1.77 bits per heavy atom. The number of nitrogens with one attached hydrogen (secondary N) is 1. The molecular weight excluding hydrogens is 278 g/mol. The standard InChI is InChI=1S/C18H21NO3/c1-12-6-4-5-7-13(12)19-9-8-14(20)17-15(21)10-18(2,3)11-16(17)22/h4-9,17,19H,10-11H2,1-3H3/b9-8+. The van der Waals surface area contributed by atoms with Crippen molar-refractivity contribution < 1.29 is 14.4 Å². The van der Waals surface area contributed by atoms with E-state index < -0.39 is 11.7 Å². The number of ketones is 3. The van der Waals surface area contributed by atoms with E-state index in [1.807, 2.05) is 45.0 Å². The number of benzene rings is 1. The number of anilines is 1. The van der Waals surface area contributed by atoms with E-state index in [4.69, 9.17) is 0 Å². The van der Waals surface area contributed by atoms with Crippen LogP contribution < -0.4 is 5.32 Å². The number of hydrogen-bond acceptors (Lipinski definition) is 4. The number of carbonyl (C=O) groups excluding carboxylic acids is 3. The lowest BCUT2D eigenvalue weighted by Gasteiger charge is -2.30. The molecule has 1 aliphatic rings. The Labute approximate surface area is 130 Å². The maximum Gasteiger partial charge on any atom is 0.175 e. The molecule has 0 bridgehead atoms. The van der Waals surface area contributed by atoms with Gasteiger partial charge in [0, 0.05) is 24.7 Å². The molecule has 0 spiro atoms. The van der Waals surface area contributed by atoms with E-state index in [1.54, 1.807) is 0 Å². The number of hydrogen-bond donors (Lipinski definition) is 1. The minimum absolute atomic E-state index is 0.271. The van der Waals surface area contributed by atoms with E-state index in [-0.39, 0.29) is 29.8 Å². The molecule has 0 aromatic heterocycles. The third-order valence-electron chi connectivity index (χ3n) is 3.87. The van der Waals surface area contributed by atoms with Gasteiger partial charge in [-0.1, -0.05) is 32.0 Å². The van der Waals surface area contributed by atoms with Gasteiger partial charge >= 0.3 is 0 Å². The van der Waals surface area contributed by atoms with E-state index in [2.05, 4.69) is 5.32 Å². The van der Waals surface area contributed by atoms with Crippen LogP contribution in [-0.2, 0) is 14.4 Å². The number of allylic oxidation sites excluding steroid dienone is 1. The van der Waals surface area contributed by atoms with Crippen LogP contribution in [0.2, 0.25) is 0 Å². The molecule has 1 aromatic carbocycles. The highest BCUT2D eigenvalue weighted by molar-refractivity contribution is 6.23. The Balaban J connectivity index is 2.03. The molecule has 0 saturated heterocycles. The Kier molecular flexibility index (Phi) is 4.59. The summed E-state index contributed by atoms with van der Waals surface area (Å²) >= 11 is 0. The topological polar surface area (TPSA) is 63.2 Å². The summed E-state index contributed by atoms with van der Waals surface area (Å²) in [6.07, 6.45) is 3.32. The molecule has 1 aromatic rings. The van der Waals surface area contributed by atoms with Gasteiger partial charge < -0.3 is 5.32 Å². The third-order valence-corrected chi connectivity index (χ3v) is 3.87. The van der Waals surface area contributed by atoms with Crippen molar-refractivity contribution >= 4 is 23.0 Å². The van der Waals surface area contributed by atoms with Crippen LogP contribution in [0.5, 0.6) is 0 Å². The fraction of sp³-hybridized carbons (Fsp3) is 0.389. The molecular formula is C18H21NO3. The zero-order valence-corrected chi connectivity index (χ0v) is 13.2. The monoisotopic (exact) mass is 299 g/mol. The predicted molar refractivity (Wildman–Crippen MR) is 85.5 cm³/mol. The Morgan fingerprint density at radius 3 is 2.36 bits per heavy atom. The number of Topliss-reactive ketones (excluding diaryl/α,β-unsaturated/α-hetero) is 2. The van der Waals surface area contributed by atoms with Crippen LogP contribution in [0.1, 0.15) is 32.3 Å². The highest BCUT2D eigenvalue weighted by Crippen LogP contribution is 2.34. The Bertz CT molecular complexity index is 623. The summed E-state index contributed by atoms with van der Waals surface area (Å²) in [5.41, 5.74) is 1.59. The average Bonchev–Trinajstić information content (AvgIpc) is 2.38. The molecule has 1 N–H and O–H groups in total. The smallest absolute Gasteiger partial charge is 0.175 e. The lowest BCUT2D eigenvalue weighted by Crippen LogP contribution is -2.41. The molecule has 0 amide bonds. The molecule has 0 radical (unpaired) electrons. The first-order chi connectivity index (χ1) is 10.3. The summed E-state index contributed by atoms with van der Waals surface area (Å²) in [6, 6.07) is 7.66. The molecule has 0 atom stereocenters. The van der Waals surface area contributed by atoms with Gasteiger partial charge in [0.25, 0.3) is 0 Å². The van der Waals surface area contributed by atoms with Crippen molar-refractivity contribution in [3.05, 3.63) is 42.1 Å². The van der Waals surface area contributed by atoms with Crippen molar-refractivity contribution in [2.24, 2.45) is 11.3 Å². The second-order valence-corrected chi connectivity index (χ2v) is 6.58. The Morgan fingerprint density at radius 1 is 1.18 bits per heavy atom. The first-order valence-electron chi connectivity index (χ1n) is 7.38. The van der Waals surface area contributed by atoms with E-state index in [9.17, 15) is 14.4 Å². The number of carbonyl (C=O) groups is 3. The van der Waals surface area contributed by atoms with E-state index in [0.29, 0.717) is 0 Å². The molecule has 2 rings (SSSR count). The second-order valence-electron chi connectivity index (χ2n) is 6.58. The molecule has 0 unspecified atom stereocenters. The van der Waals surface area contributed by atoms with Gasteiger partial charge in [-0.05, 0) is 30.0 Å². The zero-order valence-electron chi connectivity index (χ0n) is 13.2. The Hall–Kier alpha value is -2.23. The first kappa shape index (κ1) is 16.1. The van der Waals surface area contributed by atoms with Gasteiger partial charge in [-0.2, -0.15) is 0 Å². The highest BCUT2D eigenvalue weighted by atomic mass is 16.2. The second kappa shape index (κ2) is 6.26. The largest absolute Gasteiger partial charge is 0.361 e. The molecule has 1 saturated carbocycles. The van der Waals surface area contributed by atoms with Crippen LogP contribution in [0.3, 0.4) is 0 Å². The van der Waals surface area contributed by atoms with Gasteiger partial charge in [0.15, 0.2) is 17.3 Å². The van der Waals surface area contributed by atoms with Crippen molar-refractivity contribution in [1.29, 1.82) is 0 Å². The minimum Gasteiger partial charge on any atom is -0.361 e. The van der Waals surface area contributed by atoms with Gasteiger partial charge in [-0.3, -0.25) is 14.4 Å². The maximum atomic E-state index is 12.1. The molecule has 4 heteroatoms. The molecule has 1 aliphatic carbocycles. The van der Waals surface area contributed by atoms with Gasteiger partial charge in [0.05, 0.1) is 0 Å². The molecule has 116 valence electrons. The van der Waals surface area contributed by atoms with Gasteiger partial charge in [-0.15, -0.1) is 0 Å². The fourth-order valence-corrected chi connectivity index (χ4v) is 2.75. The molecule has 0 heterocycles. The average molecular weight is 299 g/mol. The van der Waals surface area contributed by atoms with Crippen LogP contribution in [0, 0.1) is 18.3 Å². The summed E-state index contributed by atoms with van der Waals surface area (Å²) in [5, 5.41) is 3.00. The fourth-order valence-electron chi connectivity index (χ4n) is 2.75. The van der Waals surface area contributed by atoms with E-state index in [1.165, 1.54) is 12.3 Å². The molecule has 0 aliphatic heterocycles. The van der Waals surface area contributed by atoms with E-state index in [0.717, 1.165) is 11.3 Å². The highest BCUT2D eigenvalue weighted by Gasteiger charge is 2.42. The molecule has 22 heavy (non-hydrogen) atoms. The van der Waals surface area contributed by atoms with Crippen LogP contribution >= 0.6 is 0 Å². The SMILES string of the molecule is Cc1ccccc1N/C=C/C(=O)C1C(=O)CC(C)(C)CC1=O. The minimum atomic E-state index is -1.12.